The Hall–Kier alpha value is -2.81. The Bertz CT molecular complexity index is 573. The van der Waals surface area contributed by atoms with Gasteiger partial charge >= 0.3 is 5.97 Å². The first-order valence-electron chi connectivity index (χ1n) is 6.19. The Kier molecular flexibility index (Phi) is 7.08. The number of nitrogens with zero attached hydrogens (tertiary/aromatic N) is 2. The molecule has 0 aromatic heterocycles. The van der Waals surface area contributed by atoms with E-state index in [4.69, 9.17) is 19.6 Å². The van der Waals surface area contributed by atoms with Crippen LogP contribution in [0.25, 0.3) is 5.57 Å². The Morgan fingerprint density at radius 3 is 2.86 bits per heavy atom. The summed E-state index contributed by atoms with van der Waals surface area (Å²) >= 11 is 0. The summed E-state index contributed by atoms with van der Waals surface area (Å²) in [6, 6.07) is 8.98. The van der Waals surface area contributed by atoms with Crippen LogP contribution in [0.15, 0.2) is 35.7 Å². The molecule has 0 saturated heterocycles. The van der Waals surface area contributed by atoms with Crippen molar-refractivity contribution in [2.45, 2.75) is 13.5 Å². The number of esters is 1. The Labute approximate surface area is 123 Å². The van der Waals surface area contributed by atoms with Crippen molar-refractivity contribution in [2.75, 3.05) is 13.7 Å². The fraction of sp³-hybridized carbons (Fsp3) is 0.267. The van der Waals surface area contributed by atoms with Gasteiger partial charge in [0.1, 0.15) is 18.2 Å². The van der Waals surface area contributed by atoms with Gasteiger partial charge in [-0.05, 0) is 12.5 Å². The molecule has 0 aliphatic carbocycles. The molecule has 110 valence electrons. The minimum absolute atomic E-state index is 0.153. The molecule has 0 radical (unpaired) electrons. The van der Waals surface area contributed by atoms with Gasteiger partial charge in [0.15, 0.2) is 6.61 Å². The van der Waals surface area contributed by atoms with Crippen molar-refractivity contribution in [2.24, 2.45) is 5.16 Å². The molecule has 0 saturated carbocycles. The zero-order valence-corrected chi connectivity index (χ0v) is 11.9. The van der Waals surface area contributed by atoms with E-state index in [-0.39, 0.29) is 18.8 Å². The van der Waals surface area contributed by atoms with Gasteiger partial charge in [-0.3, -0.25) is 0 Å². The molecule has 1 aromatic rings. The van der Waals surface area contributed by atoms with Gasteiger partial charge in [-0.1, -0.05) is 29.4 Å². The molecule has 0 bridgehead atoms. The number of nitriles is 1. The second-order valence-corrected chi connectivity index (χ2v) is 3.79. The molecular formula is C15H16N2O4. The van der Waals surface area contributed by atoms with Gasteiger partial charge in [0.2, 0.25) is 0 Å². The maximum absolute atomic E-state index is 11.9. The lowest BCUT2D eigenvalue weighted by atomic mass is 10.0. The highest BCUT2D eigenvalue weighted by molar-refractivity contribution is 6.16. The van der Waals surface area contributed by atoms with Crippen LogP contribution in [0.5, 0.6) is 0 Å². The molecule has 21 heavy (non-hydrogen) atoms. The lowest BCUT2D eigenvalue weighted by molar-refractivity contribution is -0.133. The number of oxime groups is 1. The topological polar surface area (TPSA) is 80.9 Å². The minimum atomic E-state index is -0.556. The quantitative estimate of drug-likeness (QED) is 0.192. The second-order valence-electron chi connectivity index (χ2n) is 3.79. The third-order valence-corrected chi connectivity index (χ3v) is 2.46. The summed E-state index contributed by atoms with van der Waals surface area (Å²) in [5, 5.41) is 12.2. The van der Waals surface area contributed by atoms with E-state index in [0.717, 1.165) is 5.56 Å². The fourth-order valence-corrected chi connectivity index (χ4v) is 1.58. The molecule has 0 atom stereocenters. The van der Waals surface area contributed by atoms with Crippen LogP contribution in [-0.2, 0) is 25.7 Å². The number of hydrogen-bond acceptors (Lipinski definition) is 6. The molecule has 0 unspecified atom stereocenters. The molecule has 0 amide bonds. The monoisotopic (exact) mass is 288 g/mol. The highest BCUT2D eigenvalue weighted by Gasteiger charge is 2.16. The molecule has 1 rings (SSSR count). The van der Waals surface area contributed by atoms with E-state index in [9.17, 15) is 4.79 Å². The molecule has 0 heterocycles. The number of carbonyl (C=O) groups is 1. The second kappa shape index (κ2) is 9.15. The number of ether oxygens (including phenoxy) is 2. The zero-order chi connectivity index (χ0) is 15.5. The summed E-state index contributed by atoms with van der Waals surface area (Å²) in [4.78, 5) is 17.0. The molecule has 0 spiro atoms. The maximum Gasteiger partial charge on any atom is 0.341 e. The molecule has 1 aromatic carbocycles. The van der Waals surface area contributed by atoms with Gasteiger partial charge < -0.3 is 14.3 Å². The molecule has 6 nitrogen and oxygen atoms in total. The van der Waals surface area contributed by atoms with E-state index in [1.807, 2.05) is 18.2 Å². The largest absolute Gasteiger partial charge is 0.485 e. The summed E-state index contributed by atoms with van der Waals surface area (Å²) in [5.74, 6) is -0.556. The molecule has 0 aliphatic heterocycles. The third kappa shape index (κ3) is 4.99. The highest BCUT2D eigenvalue weighted by atomic mass is 16.6. The summed E-state index contributed by atoms with van der Waals surface area (Å²) in [6.07, 6.45) is 2.74. The van der Waals surface area contributed by atoms with Crippen molar-refractivity contribution in [3.05, 3.63) is 41.7 Å². The predicted molar refractivity (Wildman–Crippen MR) is 77.0 cm³/mol. The molecule has 0 N–H and O–H groups in total. The van der Waals surface area contributed by atoms with Crippen LogP contribution in [0.3, 0.4) is 0 Å². The smallest absolute Gasteiger partial charge is 0.341 e. The van der Waals surface area contributed by atoms with Crippen molar-refractivity contribution >= 4 is 17.8 Å². The summed E-state index contributed by atoms with van der Waals surface area (Å²) in [7, 11) is 1.28. The first kappa shape index (κ1) is 16.2. The summed E-state index contributed by atoms with van der Waals surface area (Å²) < 4.78 is 9.75. The third-order valence-electron chi connectivity index (χ3n) is 2.46. The zero-order valence-electron chi connectivity index (χ0n) is 11.9. The summed E-state index contributed by atoms with van der Waals surface area (Å²) in [6.45, 7) is 1.79. The van der Waals surface area contributed by atoms with Crippen molar-refractivity contribution in [3.63, 3.8) is 0 Å². The van der Waals surface area contributed by atoms with Gasteiger partial charge in [0, 0.05) is 11.8 Å². The molecular weight excluding hydrogens is 272 g/mol. The highest BCUT2D eigenvalue weighted by Crippen LogP contribution is 2.21. The van der Waals surface area contributed by atoms with Crippen LogP contribution in [-0.4, -0.2) is 25.9 Å². The van der Waals surface area contributed by atoms with Crippen LogP contribution in [0.1, 0.15) is 18.1 Å². The fourth-order valence-electron chi connectivity index (χ4n) is 1.58. The average Bonchev–Trinajstić information content (AvgIpc) is 2.52. The van der Waals surface area contributed by atoms with Gasteiger partial charge in [0.25, 0.3) is 0 Å². The van der Waals surface area contributed by atoms with Crippen molar-refractivity contribution in [3.8, 4) is 6.07 Å². The minimum Gasteiger partial charge on any atom is -0.485 e. The lowest BCUT2D eigenvalue weighted by Crippen LogP contribution is -2.07. The lowest BCUT2D eigenvalue weighted by Gasteiger charge is -2.10. The van der Waals surface area contributed by atoms with Crippen LogP contribution in [0.4, 0.5) is 0 Å². The van der Waals surface area contributed by atoms with Crippen molar-refractivity contribution in [1.29, 1.82) is 5.26 Å². The number of hydrogen-bond donors (Lipinski definition) is 0. The first-order valence-corrected chi connectivity index (χ1v) is 6.19. The molecule has 0 fully saturated rings. The van der Waals surface area contributed by atoms with E-state index in [1.165, 1.54) is 19.6 Å². The summed E-state index contributed by atoms with van der Waals surface area (Å²) in [5.41, 5.74) is 1.57. The van der Waals surface area contributed by atoms with Crippen LogP contribution >= 0.6 is 0 Å². The normalized spacial score (nSPS) is 11.0. The maximum atomic E-state index is 11.9. The SMILES string of the molecule is C/C=N\OCc1ccccc1/C(=C\OCC#N)C(=O)OC. The Balaban J connectivity index is 3.09. The van der Waals surface area contributed by atoms with Crippen molar-refractivity contribution < 1.29 is 19.1 Å². The Morgan fingerprint density at radius 2 is 2.19 bits per heavy atom. The van der Waals surface area contributed by atoms with E-state index in [0.29, 0.717) is 5.56 Å². The standard InChI is InChI=1S/C15H16N2O4/c1-3-17-21-10-12-6-4-5-7-13(12)14(15(18)19-2)11-20-9-8-16/h3-7,11H,9-10H2,1-2H3/b14-11+,17-3-. The first-order chi connectivity index (χ1) is 10.2. The van der Waals surface area contributed by atoms with Crippen LogP contribution in [0.2, 0.25) is 0 Å². The number of methoxy groups -OCH3 is 1. The van der Waals surface area contributed by atoms with Gasteiger partial charge in [-0.25, -0.2) is 4.79 Å². The number of carbonyl (C=O) groups excluding carboxylic acids is 1. The van der Waals surface area contributed by atoms with Crippen LogP contribution in [0, 0.1) is 11.3 Å². The number of rotatable bonds is 7. The van der Waals surface area contributed by atoms with E-state index in [2.05, 4.69) is 5.16 Å². The van der Waals surface area contributed by atoms with Crippen LogP contribution < -0.4 is 0 Å². The van der Waals surface area contributed by atoms with E-state index < -0.39 is 5.97 Å². The van der Waals surface area contributed by atoms with Gasteiger partial charge in [-0.2, -0.15) is 5.26 Å². The van der Waals surface area contributed by atoms with Gasteiger partial charge in [-0.15, -0.1) is 0 Å². The van der Waals surface area contributed by atoms with E-state index >= 15 is 0 Å². The molecule has 6 heteroatoms. The average molecular weight is 288 g/mol. The van der Waals surface area contributed by atoms with Gasteiger partial charge in [0.05, 0.1) is 13.4 Å². The number of benzene rings is 1. The van der Waals surface area contributed by atoms with Crippen molar-refractivity contribution in [1.82, 2.24) is 0 Å². The Morgan fingerprint density at radius 1 is 1.43 bits per heavy atom. The van der Waals surface area contributed by atoms with E-state index in [1.54, 1.807) is 19.1 Å². The predicted octanol–water partition coefficient (Wildman–Crippen LogP) is 2.26. The molecule has 0 aliphatic rings.